The average Bonchev–Trinajstić information content (AvgIpc) is 2.82. The van der Waals surface area contributed by atoms with Gasteiger partial charge in [0.25, 0.3) is 0 Å². The second-order valence-electron chi connectivity index (χ2n) is 3.27. The highest BCUT2D eigenvalue weighted by molar-refractivity contribution is 5.99. The fourth-order valence-corrected chi connectivity index (χ4v) is 1.52. The number of para-hydroxylation sites is 1. The topological polar surface area (TPSA) is 65.5 Å². The van der Waals surface area contributed by atoms with Crippen molar-refractivity contribution in [3.63, 3.8) is 0 Å². The van der Waals surface area contributed by atoms with Crippen molar-refractivity contribution in [1.29, 1.82) is 0 Å². The van der Waals surface area contributed by atoms with Gasteiger partial charge in [-0.1, -0.05) is 12.1 Å². The van der Waals surface area contributed by atoms with Gasteiger partial charge in [0.15, 0.2) is 0 Å². The summed E-state index contributed by atoms with van der Waals surface area (Å²) >= 11 is 0. The largest absolute Gasteiger partial charge is 0.472 e. The predicted molar refractivity (Wildman–Crippen MR) is 59.9 cm³/mol. The van der Waals surface area contributed by atoms with Gasteiger partial charge in [-0.2, -0.15) is 0 Å². The predicted octanol–water partition coefficient (Wildman–Crippen LogP) is 2.32. The van der Waals surface area contributed by atoms with Crippen LogP contribution in [0.25, 0.3) is 11.1 Å². The van der Waals surface area contributed by atoms with Crippen molar-refractivity contribution in [1.82, 2.24) is 0 Å². The Bertz CT molecular complexity index is 503. The number of nitrogens with two attached hydrogens (primary N) is 1. The van der Waals surface area contributed by atoms with Crippen LogP contribution in [0, 0.1) is 0 Å². The van der Waals surface area contributed by atoms with Gasteiger partial charge in [0.05, 0.1) is 30.9 Å². The molecule has 2 N–H and O–H groups in total. The molecule has 1 aromatic heterocycles. The van der Waals surface area contributed by atoms with E-state index in [1.54, 1.807) is 30.7 Å². The Labute approximate surface area is 92.6 Å². The number of methoxy groups -OCH3 is 1. The lowest BCUT2D eigenvalue weighted by Gasteiger charge is -2.07. The lowest BCUT2D eigenvalue weighted by atomic mass is 10.0. The maximum Gasteiger partial charge on any atom is 0.339 e. The molecule has 0 bridgehead atoms. The van der Waals surface area contributed by atoms with Gasteiger partial charge in [-0.25, -0.2) is 4.79 Å². The molecule has 0 unspecified atom stereocenters. The minimum Gasteiger partial charge on any atom is -0.472 e. The van der Waals surface area contributed by atoms with Crippen molar-refractivity contribution in [2.45, 2.75) is 0 Å². The van der Waals surface area contributed by atoms with Crippen LogP contribution in [0.2, 0.25) is 0 Å². The second-order valence-corrected chi connectivity index (χ2v) is 3.27. The highest BCUT2D eigenvalue weighted by Gasteiger charge is 2.13. The van der Waals surface area contributed by atoms with E-state index >= 15 is 0 Å². The molecule has 1 aromatic carbocycles. The number of anilines is 1. The monoisotopic (exact) mass is 217 g/mol. The number of carbonyl (C=O) groups excluding carboxylic acids is 1. The van der Waals surface area contributed by atoms with Crippen LogP contribution in [-0.4, -0.2) is 13.1 Å². The van der Waals surface area contributed by atoms with Crippen molar-refractivity contribution in [3.05, 3.63) is 42.4 Å². The highest BCUT2D eigenvalue weighted by Crippen LogP contribution is 2.29. The first kappa shape index (κ1) is 10.3. The minimum absolute atomic E-state index is 0.362. The van der Waals surface area contributed by atoms with Crippen molar-refractivity contribution in [2.24, 2.45) is 0 Å². The van der Waals surface area contributed by atoms with E-state index in [1.807, 2.05) is 6.07 Å². The standard InChI is InChI=1S/C12H11NO3/c1-15-12(14)10-4-2-3-9(11(10)13)8-5-6-16-7-8/h2-7H,13H2,1H3. The van der Waals surface area contributed by atoms with Gasteiger partial charge in [0.2, 0.25) is 0 Å². The minimum atomic E-state index is -0.442. The quantitative estimate of drug-likeness (QED) is 0.619. The molecule has 82 valence electrons. The van der Waals surface area contributed by atoms with Crippen LogP contribution >= 0.6 is 0 Å². The SMILES string of the molecule is COC(=O)c1cccc(-c2ccoc2)c1N. The van der Waals surface area contributed by atoms with E-state index < -0.39 is 5.97 Å². The van der Waals surface area contributed by atoms with Crippen LogP contribution in [0.5, 0.6) is 0 Å². The highest BCUT2D eigenvalue weighted by atomic mass is 16.5. The molecule has 2 aromatic rings. The number of carbonyl (C=O) groups is 1. The number of benzene rings is 1. The summed E-state index contributed by atoms with van der Waals surface area (Å²) in [5.41, 5.74) is 8.27. The van der Waals surface area contributed by atoms with Crippen molar-refractivity contribution in [2.75, 3.05) is 12.8 Å². The molecule has 0 atom stereocenters. The number of esters is 1. The van der Waals surface area contributed by atoms with E-state index in [9.17, 15) is 4.79 Å². The molecule has 2 rings (SSSR count). The van der Waals surface area contributed by atoms with Crippen molar-refractivity contribution >= 4 is 11.7 Å². The van der Waals surface area contributed by atoms with Crippen molar-refractivity contribution < 1.29 is 13.9 Å². The van der Waals surface area contributed by atoms with E-state index in [4.69, 9.17) is 10.2 Å². The Kier molecular flexibility index (Phi) is 2.64. The van der Waals surface area contributed by atoms with E-state index in [2.05, 4.69) is 4.74 Å². The molecule has 1 heterocycles. The maximum absolute atomic E-state index is 11.4. The summed E-state index contributed by atoms with van der Waals surface area (Å²) in [5.74, 6) is -0.442. The van der Waals surface area contributed by atoms with Gasteiger partial charge >= 0.3 is 5.97 Å². The molecule has 4 nitrogen and oxygen atoms in total. The summed E-state index contributed by atoms with van der Waals surface area (Å²) in [7, 11) is 1.33. The number of ether oxygens (including phenoxy) is 1. The van der Waals surface area contributed by atoms with Crippen LogP contribution in [0.3, 0.4) is 0 Å². The molecule has 0 spiro atoms. The van der Waals surface area contributed by atoms with Gasteiger partial charge in [-0.05, 0) is 12.1 Å². The van der Waals surface area contributed by atoms with Gasteiger partial charge in [0, 0.05) is 11.1 Å². The molecular formula is C12H11NO3. The summed E-state index contributed by atoms with van der Waals surface area (Å²) in [6.07, 6.45) is 3.13. The summed E-state index contributed by atoms with van der Waals surface area (Å²) in [6.45, 7) is 0. The Morgan fingerprint density at radius 1 is 1.38 bits per heavy atom. The molecule has 0 radical (unpaired) electrons. The average molecular weight is 217 g/mol. The van der Waals surface area contributed by atoms with Gasteiger partial charge in [0.1, 0.15) is 0 Å². The van der Waals surface area contributed by atoms with E-state index in [1.165, 1.54) is 7.11 Å². The van der Waals surface area contributed by atoms with Crippen LogP contribution in [0.1, 0.15) is 10.4 Å². The molecular weight excluding hydrogens is 206 g/mol. The normalized spacial score (nSPS) is 10.1. The third-order valence-electron chi connectivity index (χ3n) is 2.34. The number of furan rings is 1. The summed E-state index contributed by atoms with van der Waals surface area (Å²) in [6, 6.07) is 7.00. The molecule has 0 aliphatic rings. The zero-order valence-corrected chi connectivity index (χ0v) is 8.77. The fourth-order valence-electron chi connectivity index (χ4n) is 1.52. The lowest BCUT2D eigenvalue weighted by Crippen LogP contribution is -2.06. The molecule has 0 saturated heterocycles. The Morgan fingerprint density at radius 2 is 2.19 bits per heavy atom. The van der Waals surface area contributed by atoms with Crippen LogP contribution in [0.4, 0.5) is 5.69 Å². The number of rotatable bonds is 2. The molecule has 0 aliphatic heterocycles. The zero-order valence-electron chi connectivity index (χ0n) is 8.77. The Hall–Kier alpha value is -2.23. The molecule has 0 saturated carbocycles. The Morgan fingerprint density at radius 3 is 2.81 bits per heavy atom. The number of nitrogen functional groups attached to an aromatic ring is 1. The summed E-state index contributed by atoms with van der Waals surface area (Å²) < 4.78 is 9.63. The molecule has 0 fully saturated rings. The van der Waals surface area contributed by atoms with Gasteiger partial charge in [-0.3, -0.25) is 0 Å². The van der Waals surface area contributed by atoms with E-state index in [0.29, 0.717) is 11.3 Å². The van der Waals surface area contributed by atoms with Crippen LogP contribution in [0.15, 0.2) is 41.2 Å². The van der Waals surface area contributed by atoms with Crippen LogP contribution < -0.4 is 5.73 Å². The second kappa shape index (κ2) is 4.10. The third kappa shape index (κ3) is 1.65. The first-order valence-electron chi connectivity index (χ1n) is 4.73. The molecule has 16 heavy (non-hydrogen) atoms. The summed E-state index contributed by atoms with van der Waals surface area (Å²) in [5, 5.41) is 0. The summed E-state index contributed by atoms with van der Waals surface area (Å²) in [4.78, 5) is 11.4. The smallest absolute Gasteiger partial charge is 0.339 e. The van der Waals surface area contributed by atoms with Gasteiger partial charge < -0.3 is 14.9 Å². The van der Waals surface area contributed by atoms with E-state index in [0.717, 1.165) is 11.1 Å². The zero-order chi connectivity index (χ0) is 11.5. The lowest BCUT2D eigenvalue weighted by molar-refractivity contribution is 0.0602. The molecule has 0 amide bonds. The number of hydrogen-bond donors (Lipinski definition) is 1. The Balaban J connectivity index is 2.53. The number of hydrogen-bond acceptors (Lipinski definition) is 4. The van der Waals surface area contributed by atoms with Crippen molar-refractivity contribution in [3.8, 4) is 11.1 Å². The van der Waals surface area contributed by atoms with E-state index in [-0.39, 0.29) is 0 Å². The van der Waals surface area contributed by atoms with Gasteiger partial charge in [-0.15, -0.1) is 0 Å². The first-order valence-corrected chi connectivity index (χ1v) is 4.73. The fraction of sp³-hybridized carbons (Fsp3) is 0.0833. The molecule has 0 aliphatic carbocycles. The first-order chi connectivity index (χ1) is 7.74. The molecule has 4 heteroatoms. The maximum atomic E-state index is 11.4. The third-order valence-corrected chi connectivity index (χ3v) is 2.34. The van der Waals surface area contributed by atoms with Crippen LogP contribution in [-0.2, 0) is 4.74 Å².